The number of anilines is 1. The molecular formula is C37H38FN7O5. The zero-order valence-corrected chi connectivity index (χ0v) is 27.8. The minimum Gasteiger partial charge on any atom is -0.475 e. The first-order valence-corrected chi connectivity index (χ1v) is 17.3. The molecule has 2 bridgehead atoms. The number of nitrogens with zero attached hydrogens (tertiary/aromatic N) is 5. The Morgan fingerprint density at radius 1 is 1.18 bits per heavy atom. The van der Waals surface area contributed by atoms with Gasteiger partial charge in [-0.15, -0.1) is 6.42 Å². The van der Waals surface area contributed by atoms with E-state index in [0.717, 1.165) is 58.5 Å². The predicted octanol–water partition coefficient (Wildman–Crippen LogP) is 3.88. The number of hydrogen-bond acceptors (Lipinski definition) is 11. The van der Waals surface area contributed by atoms with E-state index in [4.69, 9.17) is 40.3 Å². The van der Waals surface area contributed by atoms with Crippen molar-refractivity contribution in [2.24, 2.45) is 5.41 Å². The van der Waals surface area contributed by atoms with Crippen LogP contribution in [0.1, 0.15) is 31.2 Å². The summed E-state index contributed by atoms with van der Waals surface area (Å²) in [6.07, 6.45) is 9.45. The second-order valence-corrected chi connectivity index (χ2v) is 14.0. The van der Waals surface area contributed by atoms with Crippen molar-refractivity contribution in [1.82, 2.24) is 30.5 Å². The van der Waals surface area contributed by atoms with Gasteiger partial charge in [0, 0.05) is 67.2 Å². The van der Waals surface area contributed by atoms with Crippen LogP contribution >= 0.6 is 0 Å². The molecule has 0 unspecified atom stereocenters. The van der Waals surface area contributed by atoms with Crippen LogP contribution in [0, 0.1) is 23.6 Å². The topological polar surface area (TPSA) is 123 Å². The second kappa shape index (κ2) is 12.2. The average molecular weight is 680 g/mol. The third-order valence-electron chi connectivity index (χ3n) is 10.8. The third kappa shape index (κ3) is 5.42. The molecule has 0 radical (unpaired) electrons. The van der Waals surface area contributed by atoms with Crippen LogP contribution in [0.25, 0.3) is 32.9 Å². The standard InChI is InChI=1S/C37H38FN7O5/c1-3-21-5-4-6-22-15-24(50-36(46)39-2)16-25(28(21)22)31-30(38)32-29-33(45-17-23-7-8-26(40-23)27(45)18-48-34(29)41-31)43-35(42-32)49-20-37(9-10-37)19-44-11-13-47-14-12-44/h1,4-6,15-16,23,26-27,40H,7-14,17-20H2,2H3,(H,39,46)/t23-,26+,27-/m1/s1. The van der Waals surface area contributed by atoms with Gasteiger partial charge in [-0.3, -0.25) is 4.90 Å². The maximum absolute atomic E-state index is 17.3. The molecule has 50 heavy (non-hydrogen) atoms. The highest BCUT2D eigenvalue weighted by molar-refractivity contribution is 6.04. The number of aromatic nitrogens is 3. The lowest BCUT2D eigenvalue weighted by Crippen LogP contribution is -2.60. The number of amides is 1. The predicted molar refractivity (Wildman–Crippen MR) is 184 cm³/mol. The molecule has 6 heterocycles. The number of piperazine rings is 1. The van der Waals surface area contributed by atoms with Crippen molar-refractivity contribution in [3.05, 3.63) is 41.7 Å². The average Bonchev–Trinajstić information content (AvgIpc) is 3.83. The Morgan fingerprint density at radius 2 is 2.04 bits per heavy atom. The van der Waals surface area contributed by atoms with Crippen LogP contribution in [-0.2, 0) is 4.74 Å². The zero-order valence-electron chi connectivity index (χ0n) is 27.8. The third-order valence-corrected chi connectivity index (χ3v) is 10.8. The molecule has 2 N–H and O–H groups in total. The molecule has 4 aliphatic heterocycles. The van der Waals surface area contributed by atoms with E-state index in [1.54, 1.807) is 24.3 Å². The van der Waals surface area contributed by atoms with Gasteiger partial charge in [0.05, 0.1) is 25.9 Å². The van der Waals surface area contributed by atoms with E-state index in [1.165, 1.54) is 7.05 Å². The fourth-order valence-electron chi connectivity index (χ4n) is 8.06. The Kier molecular flexibility index (Phi) is 7.63. The Bertz CT molecular complexity index is 2060. The minimum absolute atomic E-state index is 0.00639. The van der Waals surface area contributed by atoms with Crippen molar-refractivity contribution in [3.8, 4) is 41.2 Å². The molecule has 3 saturated heterocycles. The van der Waals surface area contributed by atoms with E-state index in [2.05, 4.69) is 26.4 Å². The molecule has 13 heteroatoms. The smallest absolute Gasteiger partial charge is 0.412 e. The SMILES string of the molecule is C#Cc1cccc2cc(OC(=O)NC)cc(-c3nc4c5c(nc(OCC6(CN7CCOCC7)CC6)nc5c3F)N3C[C@H]5CC[C@H](N5)[C@H]3CO4)c12. The monoisotopic (exact) mass is 679 g/mol. The van der Waals surface area contributed by atoms with Gasteiger partial charge < -0.3 is 34.5 Å². The Balaban J connectivity index is 1.19. The van der Waals surface area contributed by atoms with Crippen molar-refractivity contribution >= 4 is 33.6 Å². The number of hydrogen-bond donors (Lipinski definition) is 2. The van der Waals surface area contributed by atoms with E-state index in [9.17, 15) is 4.79 Å². The zero-order chi connectivity index (χ0) is 34.0. The molecule has 1 aliphatic carbocycles. The van der Waals surface area contributed by atoms with E-state index >= 15 is 4.39 Å². The molecule has 4 aromatic rings. The molecule has 3 atom stereocenters. The normalized spacial score (nSPS) is 23.5. The van der Waals surface area contributed by atoms with E-state index in [-0.39, 0.29) is 46.3 Å². The number of pyridine rings is 1. The summed E-state index contributed by atoms with van der Waals surface area (Å²) in [6, 6.07) is 9.27. The Labute approximate surface area is 288 Å². The number of rotatable bonds is 7. The van der Waals surface area contributed by atoms with Gasteiger partial charge in [0.15, 0.2) is 5.82 Å². The van der Waals surface area contributed by atoms with E-state index < -0.39 is 11.9 Å². The van der Waals surface area contributed by atoms with E-state index in [1.807, 2.05) is 6.07 Å². The molecule has 258 valence electrons. The number of carbonyl (C=O) groups is 1. The molecule has 9 rings (SSSR count). The van der Waals surface area contributed by atoms with Crippen LogP contribution in [0.4, 0.5) is 15.0 Å². The fourth-order valence-corrected chi connectivity index (χ4v) is 8.06. The lowest BCUT2D eigenvalue weighted by atomic mass is 9.96. The number of morpholine rings is 1. The summed E-state index contributed by atoms with van der Waals surface area (Å²) in [4.78, 5) is 31.5. The second-order valence-electron chi connectivity index (χ2n) is 14.0. The Morgan fingerprint density at radius 3 is 2.84 bits per heavy atom. The number of halogens is 1. The summed E-state index contributed by atoms with van der Waals surface area (Å²) in [5.74, 6) is 3.06. The fraction of sp³-hybridized carbons (Fsp3) is 0.459. The highest BCUT2D eigenvalue weighted by Crippen LogP contribution is 2.48. The van der Waals surface area contributed by atoms with Gasteiger partial charge in [-0.2, -0.15) is 9.97 Å². The summed E-state index contributed by atoms with van der Waals surface area (Å²) in [5, 5.41) is 7.84. The largest absolute Gasteiger partial charge is 0.475 e. The molecule has 0 spiro atoms. The number of carbonyl (C=O) groups excluding carboxylic acids is 1. The molecule has 2 aromatic heterocycles. The highest BCUT2D eigenvalue weighted by Gasteiger charge is 2.46. The van der Waals surface area contributed by atoms with Gasteiger partial charge in [0.25, 0.3) is 0 Å². The van der Waals surface area contributed by atoms with Gasteiger partial charge in [-0.05, 0) is 49.3 Å². The van der Waals surface area contributed by atoms with Gasteiger partial charge >= 0.3 is 12.1 Å². The lowest BCUT2D eigenvalue weighted by Gasteiger charge is -2.40. The summed E-state index contributed by atoms with van der Waals surface area (Å²) >= 11 is 0. The van der Waals surface area contributed by atoms with Crippen LogP contribution in [0.2, 0.25) is 0 Å². The van der Waals surface area contributed by atoms with Crippen LogP contribution in [0.5, 0.6) is 17.6 Å². The molecule has 5 aliphatic rings. The summed E-state index contributed by atoms with van der Waals surface area (Å²) in [6.45, 7) is 5.67. The van der Waals surface area contributed by atoms with Crippen LogP contribution in [-0.4, -0.2) is 104 Å². The van der Waals surface area contributed by atoms with Crippen LogP contribution in [0.3, 0.4) is 0 Å². The maximum Gasteiger partial charge on any atom is 0.412 e. The van der Waals surface area contributed by atoms with Gasteiger partial charge in [0.2, 0.25) is 5.88 Å². The van der Waals surface area contributed by atoms with Crippen molar-refractivity contribution in [2.75, 3.05) is 64.6 Å². The minimum atomic E-state index is -0.669. The summed E-state index contributed by atoms with van der Waals surface area (Å²) < 4.78 is 41.3. The number of terminal acetylenes is 1. The Hall–Kier alpha value is -4.77. The van der Waals surface area contributed by atoms with Crippen LogP contribution < -0.4 is 29.7 Å². The highest BCUT2D eigenvalue weighted by atomic mass is 19.1. The van der Waals surface area contributed by atoms with Crippen molar-refractivity contribution < 1.29 is 28.1 Å². The van der Waals surface area contributed by atoms with Gasteiger partial charge in [-0.1, -0.05) is 18.1 Å². The molecule has 1 amide bonds. The number of ether oxygens (including phenoxy) is 4. The molecular weight excluding hydrogens is 641 g/mol. The quantitative estimate of drug-likeness (QED) is 0.277. The summed E-state index contributed by atoms with van der Waals surface area (Å²) in [5.41, 5.74) is 0.926. The first-order chi connectivity index (χ1) is 24.4. The first-order valence-electron chi connectivity index (χ1n) is 17.3. The lowest BCUT2D eigenvalue weighted by molar-refractivity contribution is 0.0231. The molecule has 4 fully saturated rings. The van der Waals surface area contributed by atoms with Crippen molar-refractivity contribution in [3.63, 3.8) is 0 Å². The summed E-state index contributed by atoms with van der Waals surface area (Å²) in [7, 11) is 1.47. The van der Waals surface area contributed by atoms with Crippen molar-refractivity contribution in [2.45, 2.75) is 43.8 Å². The van der Waals surface area contributed by atoms with Crippen LogP contribution in [0.15, 0.2) is 30.3 Å². The number of nitrogens with one attached hydrogen (secondary N) is 2. The molecule has 2 aromatic carbocycles. The van der Waals surface area contributed by atoms with E-state index in [0.29, 0.717) is 58.9 Å². The molecule has 12 nitrogen and oxygen atoms in total. The van der Waals surface area contributed by atoms with Crippen molar-refractivity contribution in [1.29, 1.82) is 0 Å². The van der Waals surface area contributed by atoms with Gasteiger partial charge in [-0.25, -0.2) is 14.2 Å². The first kappa shape index (κ1) is 31.2. The van der Waals surface area contributed by atoms with Gasteiger partial charge in [0.1, 0.15) is 34.8 Å². The molecule has 1 saturated carbocycles. The number of fused-ring (bicyclic) bond motifs is 6. The number of benzene rings is 2. The maximum atomic E-state index is 17.3.